The fourth-order valence-electron chi connectivity index (χ4n) is 1.98. The number of likely N-dealkylation sites (tertiary alicyclic amines) is 1. The van der Waals surface area contributed by atoms with E-state index >= 15 is 0 Å². The summed E-state index contributed by atoms with van der Waals surface area (Å²) in [7, 11) is 0. The van der Waals surface area contributed by atoms with Gasteiger partial charge in [-0.05, 0) is 43.1 Å². The van der Waals surface area contributed by atoms with Gasteiger partial charge in [0.2, 0.25) is 0 Å². The van der Waals surface area contributed by atoms with Crippen LogP contribution in [0.25, 0.3) is 0 Å². The molecule has 0 spiro atoms. The first kappa shape index (κ1) is 11.1. The van der Waals surface area contributed by atoms with Gasteiger partial charge < -0.3 is 10.6 Å². The molecular weight excluding hydrogens is 207 g/mol. The lowest BCUT2D eigenvalue weighted by Crippen LogP contribution is -2.29. The minimum absolute atomic E-state index is 0.0315. The molecule has 1 amide bonds. The van der Waals surface area contributed by atoms with Crippen LogP contribution >= 0.6 is 0 Å². The van der Waals surface area contributed by atoms with Crippen LogP contribution in [-0.2, 0) is 0 Å². The van der Waals surface area contributed by atoms with Crippen molar-refractivity contribution in [2.24, 2.45) is 11.7 Å². The third-order valence-electron chi connectivity index (χ3n) is 3.00. The first-order valence-electron chi connectivity index (χ1n) is 5.45. The molecule has 1 saturated heterocycles. The molecule has 1 aromatic carbocycles. The molecule has 3 nitrogen and oxygen atoms in total. The van der Waals surface area contributed by atoms with Crippen LogP contribution in [0, 0.1) is 11.7 Å². The van der Waals surface area contributed by atoms with Crippen molar-refractivity contribution in [2.75, 3.05) is 19.6 Å². The zero-order valence-corrected chi connectivity index (χ0v) is 9.03. The number of benzene rings is 1. The Morgan fingerprint density at radius 3 is 2.69 bits per heavy atom. The van der Waals surface area contributed by atoms with Crippen molar-refractivity contribution in [3.63, 3.8) is 0 Å². The first-order chi connectivity index (χ1) is 7.70. The Morgan fingerprint density at radius 1 is 1.44 bits per heavy atom. The largest absolute Gasteiger partial charge is 0.338 e. The summed E-state index contributed by atoms with van der Waals surface area (Å²) >= 11 is 0. The van der Waals surface area contributed by atoms with E-state index in [1.165, 1.54) is 24.3 Å². The Hall–Kier alpha value is -1.42. The number of halogens is 1. The molecular formula is C12H15FN2O. The van der Waals surface area contributed by atoms with E-state index in [0.29, 0.717) is 24.6 Å². The topological polar surface area (TPSA) is 46.3 Å². The van der Waals surface area contributed by atoms with Gasteiger partial charge in [-0.15, -0.1) is 0 Å². The third-order valence-corrected chi connectivity index (χ3v) is 3.00. The summed E-state index contributed by atoms with van der Waals surface area (Å²) in [6, 6.07) is 5.66. The van der Waals surface area contributed by atoms with Crippen LogP contribution in [0.1, 0.15) is 16.8 Å². The van der Waals surface area contributed by atoms with Gasteiger partial charge in [-0.1, -0.05) is 0 Å². The average molecular weight is 222 g/mol. The van der Waals surface area contributed by atoms with E-state index in [4.69, 9.17) is 5.73 Å². The van der Waals surface area contributed by atoms with Crippen molar-refractivity contribution < 1.29 is 9.18 Å². The Balaban J connectivity index is 2.05. The highest BCUT2D eigenvalue weighted by Gasteiger charge is 2.25. The predicted molar refractivity (Wildman–Crippen MR) is 59.5 cm³/mol. The lowest BCUT2D eigenvalue weighted by atomic mass is 10.1. The van der Waals surface area contributed by atoms with Crippen LogP contribution in [0.2, 0.25) is 0 Å². The summed E-state index contributed by atoms with van der Waals surface area (Å²) in [5.41, 5.74) is 6.11. The molecule has 0 aliphatic carbocycles. The molecule has 1 unspecified atom stereocenters. The van der Waals surface area contributed by atoms with Gasteiger partial charge >= 0.3 is 0 Å². The summed E-state index contributed by atoms with van der Waals surface area (Å²) in [5.74, 6) is 0.0538. The van der Waals surface area contributed by atoms with E-state index < -0.39 is 0 Å². The standard InChI is InChI=1S/C12H15FN2O/c13-11-3-1-10(2-4-11)12(16)15-6-5-9(7-14)8-15/h1-4,9H,5-8,14H2. The SMILES string of the molecule is NCC1CCN(C(=O)c2ccc(F)cc2)C1. The maximum absolute atomic E-state index is 12.7. The number of hydrogen-bond donors (Lipinski definition) is 1. The normalized spacial score (nSPS) is 20.1. The molecule has 2 N–H and O–H groups in total. The third kappa shape index (κ3) is 2.22. The van der Waals surface area contributed by atoms with Crippen LogP contribution in [0.5, 0.6) is 0 Å². The van der Waals surface area contributed by atoms with Gasteiger partial charge in [-0.25, -0.2) is 4.39 Å². The van der Waals surface area contributed by atoms with E-state index in [-0.39, 0.29) is 11.7 Å². The van der Waals surface area contributed by atoms with Crippen molar-refractivity contribution in [2.45, 2.75) is 6.42 Å². The van der Waals surface area contributed by atoms with Gasteiger partial charge in [0.05, 0.1) is 0 Å². The predicted octanol–water partition coefficient (Wildman–Crippen LogP) is 1.25. The first-order valence-corrected chi connectivity index (χ1v) is 5.45. The van der Waals surface area contributed by atoms with E-state index in [2.05, 4.69) is 0 Å². The van der Waals surface area contributed by atoms with Crippen LogP contribution in [-0.4, -0.2) is 30.4 Å². The average Bonchev–Trinajstić information content (AvgIpc) is 2.77. The van der Waals surface area contributed by atoms with E-state index in [1.54, 1.807) is 4.90 Å². The molecule has 0 saturated carbocycles. The highest BCUT2D eigenvalue weighted by Crippen LogP contribution is 2.17. The molecule has 1 fully saturated rings. The Kier molecular flexibility index (Phi) is 3.19. The highest BCUT2D eigenvalue weighted by atomic mass is 19.1. The second kappa shape index (κ2) is 4.61. The van der Waals surface area contributed by atoms with Gasteiger partial charge in [-0.2, -0.15) is 0 Å². The minimum Gasteiger partial charge on any atom is -0.338 e. The van der Waals surface area contributed by atoms with E-state index in [0.717, 1.165) is 13.0 Å². The Labute approximate surface area is 94.0 Å². The van der Waals surface area contributed by atoms with Crippen LogP contribution < -0.4 is 5.73 Å². The molecule has 1 atom stereocenters. The Morgan fingerprint density at radius 2 is 2.12 bits per heavy atom. The number of amides is 1. The van der Waals surface area contributed by atoms with Gasteiger partial charge in [0.1, 0.15) is 5.82 Å². The number of nitrogens with two attached hydrogens (primary N) is 1. The second-order valence-corrected chi connectivity index (χ2v) is 4.15. The van der Waals surface area contributed by atoms with Gasteiger partial charge in [0, 0.05) is 18.7 Å². The number of carbonyl (C=O) groups excluding carboxylic acids is 1. The summed E-state index contributed by atoms with van der Waals surface area (Å²) < 4.78 is 12.7. The molecule has 1 aliphatic rings. The summed E-state index contributed by atoms with van der Waals surface area (Å²) in [6.45, 7) is 2.08. The van der Waals surface area contributed by atoms with Gasteiger partial charge in [-0.3, -0.25) is 4.79 Å². The molecule has 1 aliphatic heterocycles. The van der Waals surface area contributed by atoms with Crippen molar-refractivity contribution in [3.05, 3.63) is 35.6 Å². The van der Waals surface area contributed by atoms with Crippen molar-refractivity contribution in [3.8, 4) is 0 Å². The van der Waals surface area contributed by atoms with Crippen LogP contribution in [0.4, 0.5) is 4.39 Å². The smallest absolute Gasteiger partial charge is 0.253 e. The summed E-state index contributed by atoms with van der Waals surface area (Å²) in [6.07, 6.45) is 0.962. The summed E-state index contributed by atoms with van der Waals surface area (Å²) in [4.78, 5) is 13.8. The quantitative estimate of drug-likeness (QED) is 0.818. The van der Waals surface area contributed by atoms with Gasteiger partial charge in [0.15, 0.2) is 0 Å². The van der Waals surface area contributed by atoms with E-state index in [1.807, 2.05) is 0 Å². The lowest BCUT2D eigenvalue weighted by Gasteiger charge is -2.16. The zero-order chi connectivity index (χ0) is 11.5. The molecule has 4 heteroatoms. The maximum atomic E-state index is 12.7. The number of hydrogen-bond acceptors (Lipinski definition) is 2. The maximum Gasteiger partial charge on any atom is 0.253 e. The van der Waals surface area contributed by atoms with Gasteiger partial charge in [0.25, 0.3) is 5.91 Å². The zero-order valence-electron chi connectivity index (χ0n) is 9.03. The molecule has 1 heterocycles. The number of rotatable bonds is 2. The molecule has 16 heavy (non-hydrogen) atoms. The molecule has 0 bridgehead atoms. The Bertz CT molecular complexity index is 377. The minimum atomic E-state index is -0.321. The van der Waals surface area contributed by atoms with E-state index in [9.17, 15) is 9.18 Å². The second-order valence-electron chi connectivity index (χ2n) is 4.15. The monoisotopic (exact) mass is 222 g/mol. The van der Waals surface area contributed by atoms with Crippen LogP contribution in [0.15, 0.2) is 24.3 Å². The van der Waals surface area contributed by atoms with Crippen LogP contribution in [0.3, 0.4) is 0 Å². The highest BCUT2D eigenvalue weighted by molar-refractivity contribution is 5.94. The van der Waals surface area contributed by atoms with Crippen molar-refractivity contribution in [1.82, 2.24) is 4.90 Å². The van der Waals surface area contributed by atoms with Crippen molar-refractivity contribution >= 4 is 5.91 Å². The fourth-order valence-corrected chi connectivity index (χ4v) is 1.98. The molecule has 2 rings (SSSR count). The van der Waals surface area contributed by atoms with Crippen molar-refractivity contribution in [1.29, 1.82) is 0 Å². The number of carbonyl (C=O) groups is 1. The summed E-state index contributed by atoms with van der Waals surface area (Å²) in [5, 5.41) is 0. The molecule has 1 aromatic rings. The molecule has 0 aromatic heterocycles. The molecule has 0 radical (unpaired) electrons. The number of nitrogens with zero attached hydrogens (tertiary/aromatic N) is 1. The fraction of sp³-hybridized carbons (Fsp3) is 0.417. The molecule has 86 valence electrons. The lowest BCUT2D eigenvalue weighted by molar-refractivity contribution is 0.0787.